The van der Waals surface area contributed by atoms with Gasteiger partial charge in [-0.05, 0) is 34.2 Å². The number of rotatable bonds is 2. The van der Waals surface area contributed by atoms with Crippen molar-refractivity contribution in [3.05, 3.63) is 96.0 Å². The molecule has 0 unspecified atom stereocenters. The Morgan fingerprint density at radius 2 is 1.48 bits per heavy atom. The lowest BCUT2D eigenvalue weighted by Crippen LogP contribution is -1.89. The lowest BCUT2D eigenvalue weighted by atomic mass is 9.91. The summed E-state index contributed by atoms with van der Waals surface area (Å²) in [5, 5.41) is 3.00. The summed E-state index contributed by atoms with van der Waals surface area (Å²) in [5.74, 6) is 0. The third-order valence-electron chi connectivity index (χ3n) is 4.05. The first-order chi connectivity index (χ1) is 11.3. The lowest BCUT2D eigenvalue weighted by molar-refractivity contribution is 1.60. The Hall–Kier alpha value is -2.57. The van der Waals surface area contributed by atoms with Crippen molar-refractivity contribution in [2.75, 3.05) is 0 Å². The van der Waals surface area contributed by atoms with Gasteiger partial charge in [0.05, 0.1) is 5.02 Å². The van der Waals surface area contributed by atoms with Crippen LogP contribution in [0.2, 0.25) is 5.02 Å². The van der Waals surface area contributed by atoms with Gasteiger partial charge in [-0.25, -0.2) is 0 Å². The van der Waals surface area contributed by atoms with Crippen LogP contribution in [0.3, 0.4) is 0 Å². The maximum atomic E-state index is 6.81. The van der Waals surface area contributed by atoms with Gasteiger partial charge >= 0.3 is 0 Å². The van der Waals surface area contributed by atoms with Crippen molar-refractivity contribution in [1.29, 1.82) is 0 Å². The van der Waals surface area contributed by atoms with E-state index in [-0.39, 0.29) is 0 Å². The maximum Gasteiger partial charge on any atom is 0.0569 e. The number of benzene rings is 4. The van der Waals surface area contributed by atoms with Crippen molar-refractivity contribution in [3.8, 4) is 22.3 Å². The summed E-state index contributed by atoms with van der Waals surface area (Å²) in [5.41, 5.74) is 4.35. The van der Waals surface area contributed by atoms with Gasteiger partial charge in [0.25, 0.3) is 0 Å². The van der Waals surface area contributed by atoms with Crippen molar-refractivity contribution in [3.63, 3.8) is 0 Å². The van der Waals surface area contributed by atoms with Crippen LogP contribution in [0, 0.1) is 6.07 Å². The van der Waals surface area contributed by atoms with E-state index in [1.54, 1.807) is 0 Å². The lowest BCUT2D eigenvalue weighted by Gasteiger charge is -2.15. The highest BCUT2D eigenvalue weighted by atomic mass is 35.5. The van der Waals surface area contributed by atoms with Crippen molar-refractivity contribution in [2.24, 2.45) is 0 Å². The van der Waals surface area contributed by atoms with Gasteiger partial charge in [-0.1, -0.05) is 90.5 Å². The van der Waals surface area contributed by atoms with Gasteiger partial charge in [-0.15, -0.1) is 0 Å². The van der Waals surface area contributed by atoms with Crippen molar-refractivity contribution < 1.29 is 0 Å². The Bertz CT molecular complexity index is 957. The van der Waals surface area contributed by atoms with Gasteiger partial charge < -0.3 is 0 Å². The van der Waals surface area contributed by atoms with Crippen LogP contribution < -0.4 is 0 Å². The van der Waals surface area contributed by atoms with Gasteiger partial charge in [0.2, 0.25) is 0 Å². The molecule has 0 N–H and O–H groups in total. The SMILES string of the molecule is Clc1c(-c2[c]cccc2)c(-c2ccccc2)cc2ccccc12. The van der Waals surface area contributed by atoms with E-state index >= 15 is 0 Å². The summed E-state index contributed by atoms with van der Waals surface area (Å²) in [6, 6.07) is 32.1. The Balaban J connectivity index is 2.11. The highest BCUT2D eigenvalue weighted by Crippen LogP contribution is 2.41. The fourth-order valence-electron chi connectivity index (χ4n) is 2.96. The fourth-order valence-corrected chi connectivity index (χ4v) is 3.34. The molecule has 0 fully saturated rings. The molecule has 109 valence electrons. The molecule has 0 spiro atoms. The normalized spacial score (nSPS) is 10.8. The molecule has 0 aromatic heterocycles. The molecular weight excluding hydrogens is 300 g/mol. The molecule has 0 amide bonds. The third kappa shape index (κ3) is 2.52. The topological polar surface area (TPSA) is 0 Å². The van der Waals surface area contributed by atoms with E-state index < -0.39 is 0 Å². The van der Waals surface area contributed by atoms with E-state index in [4.69, 9.17) is 11.6 Å². The number of hydrogen-bond acceptors (Lipinski definition) is 0. The minimum Gasteiger partial charge on any atom is -0.0830 e. The smallest absolute Gasteiger partial charge is 0.0569 e. The minimum atomic E-state index is 0.782. The molecule has 1 radical (unpaired) electrons. The summed E-state index contributed by atoms with van der Waals surface area (Å²) in [4.78, 5) is 0. The monoisotopic (exact) mass is 313 g/mol. The molecular formula is C22H14Cl. The van der Waals surface area contributed by atoms with E-state index in [0.717, 1.165) is 38.0 Å². The standard InChI is InChI=1S/C22H14Cl/c23-22-19-14-8-7-13-18(19)15-20(16-9-3-1-4-10-16)21(22)17-11-5-2-6-12-17/h1-11,13-15H. The molecule has 0 bridgehead atoms. The average Bonchev–Trinajstić information content (AvgIpc) is 2.63. The van der Waals surface area contributed by atoms with Gasteiger partial charge in [-0.2, -0.15) is 0 Å². The molecule has 23 heavy (non-hydrogen) atoms. The van der Waals surface area contributed by atoms with Crippen LogP contribution >= 0.6 is 11.6 Å². The first-order valence-corrected chi connectivity index (χ1v) is 7.96. The second-order valence-electron chi connectivity index (χ2n) is 5.48. The zero-order valence-electron chi connectivity index (χ0n) is 12.5. The summed E-state index contributed by atoms with van der Waals surface area (Å²) in [6.45, 7) is 0. The van der Waals surface area contributed by atoms with Crippen LogP contribution in [-0.2, 0) is 0 Å². The minimum absolute atomic E-state index is 0.782. The summed E-state index contributed by atoms with van der Waals surface area (Å²) < 4.78 is 0. The molecule has 0 saturated heterocycles. The number of hydrogen-bond donors (Lipinski definition) is 0. The van der Waals surface area contributed by atoms with Crippen LogP contribution in [0.5, 0.6) is 0 Å². The molecule has 0 atom stereocenters. The van der Waals surface area contributed by atoms with Crippen LogP contribution in [-0.4, -0.2) is 0 Å². The van der Waals surface area contributed by atoms with Crippen molar-refractivity contribution in [1.82, 2.24) is 0 Å². The molecule has 0 aliphatic heterocycles. The third-order valence-corrected chi connectivity index (χ3v) is 4.44. The highest BCUT2D eigenvalue weighted by Gasteiger charge is 2.14. The van der Waals surface area contributed by atoms with Gasteiger partial charge in [0.15, 0.2) is 0 Å². The molecule has 4 aromatic carbocycles. The molecule has 0 aliphatic carbocycles. The zero-order valence-corrected chi connectivity index (χ0v) is 13.2. The molecule has 0 aliphatic rings. The number of halogens is 1. The van der Waals surface area contributed by atoms with E-state index in [1.165, 1.54) is 0 Å². The summed E-state index contributed by atoms with van der Waals surface area (Å²) in [6.07, 6.45) is 0. The molecule has 0 nitrogen and oxygen atoms in total. The second-order valence-corrected chi connectivity index (χ2v) is 5.85. The first kappa shape index (κ1) is 14.0. The van der Waals surface area contributed by atoms with E-state index in [1.807, 2.05) is 36.4 Å². The van der Waals surface area contributed by atoms with Crippen molar-refractivity contribution in [2.45, 2.75) is 0 Å². The molecule has 4 rings (SSSR count). The van der Waals surface area contributed by atoms with E-state index in [0.29, 0.717) is 0 Å². The zero-order chi connectivity index (χ0) is 15.6. The Kier molecular flexibility index (Phi) is 3.61. The Morgan fingerprint density at radius 1 is 0.739 bits per heavy atom. The maximum absolute atomic E-state index is 6.81. The molecule has 4 aromatic rings. The van der Waals surface area contributed by atoms with E-state index in [2.05, 4.69) is 54.6 Å². The largest absolute Gasteiger partial charge is 0.0830 e. The van der Waals surface area contributed by atoms with Crippen LogP contribution in [0.25, 0.3) is 33.0 Å². The summed E-state index contributed by atoms with van der Waals surface area (Å²) in [7, 11) is 0. The van der Waals surface area contributed by atoms with Gasteiger partial charge in [-0.3, -0.25) is 0 Å². The molecule has 0 saturated carbocycles. The molecule has 0 heterocycles. The average molecular weight is 314 g/mol. The number of fused-ring (bicyclic) bond motifs is 1. The molecule has 1 heteroatoms. The Morgan fingerprint density at radius 3 is 2.26 bits per heavy atom. The Labute approximate surface area is 141 Å². The van der Waals surface area contributed by atoms with Gasteiger partial charge in [0, 0.05) is 10.9 Å². The summed E-state index contributed by atoms with van der Waals surface area (Å²) >= 11 is 6.81. The predicted octanol–water partition coefficient (Wildman–Crippen LogP) is 6.63. The quantitative estimate of drug-likeness (QED) is 0.390. The van der Waals surface area contributed by atoms with E-state index in [9.17, 15) is 0 Å². The van der Waals surface area contributed by atoms with Crippen LogP contribution in [0.1, 0.15) is 0 Å². The second kappa shape index (κ2) is 5.91. The van der Waals surface area contributed by atoms with Gasteiger partial charge in [0.1, 0.15) is 0 Å². The van der Waals surface area contributed by atoms with Crippen LogP contribution in [0.4, 0.5) is 0 Å². The van der Waals surface area contributed by atoms with Crippen molar-refractivity contribution >= 4 is 22.4 Å². The highest BCUT2D eigenvalue weighted by molar-refractivity contribution is 6.39. The first-order valence-electron chi connectivity index (χ1n) is 7.58. The predicted molar refractivity (Wildman–Crippen MR) is 98.7 cm³/mol. The fraction of sp³-hybridized carbons (Fsp3) is 0. The van der Waals surface area contributed by atoms with Crippen LogP contribution in [0.15, 0.2) is 84.9 Å².